The summed E-state index contributed by atoms with van der Waals surface area (Å²) in [5.74, 6) is -1.99. The Balaban J connectivity index is 1.56. The van der Waals surface area contributed by atoms with Crippen molar-refractivity contribution in [2.45, 2.75) is 38.0 Å². The van der Waals surface area contributed by atoms with E-state index in [9.17, 15) is 13.2 Å². The third kappa shape index (κ3) is 4.53. The fourth-order valence-corrected chi connectivity index (χ4v) is 4.31. The summed E-state index contributed by atoms with van der Waals surface area (Å²) < 4.78 is 48.7. The molecule has 0 heterocycles. The highest BCUT2D eigenvalue weighted by atomic mass is 19.2. The Bertz CT molecular complexity index is 1070. The molecule has 160 valence electrons. The van der Waals surface area contributed by atoms with Crippen molar-refractivity contribution in [3.05, 3.63) is 90.3 Å². The van der Waals surface area contributed by atoms with Crippen LogP contribution >= 0.6 is 0 Å². The molecule has 1 aliphatic rings. The van der Waals surface area contributed by atoms with E-state index in [0.29, 0.717) is 11.5 Å². The van der Waals surface area contributed by atoms with Crippen molar-refractivity contribution in [3.8, 4) is 28.0 Å². The third-order valence-electron chi connectivity index (χ3n) is 5.98. The van der Waals surface area contributed by atoms with Crippen LogP contribution in [-0.4, -0.2) is 6.61 Å². The Kier molecular flexibility index (Phi) is 6.45. The molecule has 0 aliphatic heterocycles. The summed E-state index contributed by atoms with van der Waals surface area (Å²) in [7, 11) is 0. The van der Waals surface area contributed by atoms with Gasteiger partial charge in [0.15, 0.2) is 11.6 Å². The Morgan fingerprint density at radius 1 is 0.806 bits per heavy atom. The largest absolute Gasteiger partial charge is 0.486 e. The zero-order valence-corrected chi connectivity index (χ0v) is 17.3. The molecule has 31 heavy (non-hydrogen) atoms. The van der Waals surface area contributed by atoms with E-state index in [4.69, 9.17) is 4.74 Å². The average molecular weight is 422 g/mol. The minimum atomic E-state index is -1.02. The molecule has 0 N–H and O–H groups in total. The molecular weight excluding hydrogens is 397 g/mol. The lowest BCUT2D eigenvalue weighted by Gasteiger charge is -2.22. The second-order valence-electron chi connectivity index (χ2n) is 7.99. The van der Waals surface area contributed by atoms with Crippen LogP contribution < -0.4 is 4.74 Å². The van der Waals surface area contributed by atoms with E-state index in [1.54, 1.807) is 30.3 Å². The zero-order chi connectivity index (χ0) is 21.8. The summed E-state index contributed by atoms with van der Waals surface area (Å²) in [4.78, 5) is 0. The molecule has 0 atom stereocenters. The van der Waals surface area contributed by atoms with Crippen molar-refractivity contribution < 1.29 is 17.9 Å². The number of hydrogen-bond donors (Lipinski definition) is 0. The summed E-state index contributed by atoms with van der Waals surface area (Å²) in [6, 6.07) is 15.3. The molecule has 1 nitrogen and oxygen atoms in total. The maximum absolute atomic E-state index is 14.8. The first kappa shape index (κ1) is 21.2. The van der Waals surface area contributed by atoms with Crippen LogP contribution in [-0.2, 0) is 0 Å². The molecule has 4 heteroatoms. The molecule has 4 rings (SSSR count). The molecule has 0 amide bonds. The fourth-order valence-electron chi connectivity index (χ4n) is 4.31. The standard InChI is InChI=1S/C27H25F3O/c1-2-16-31-25-15-14-23(26(29)27(25)30)20-10-8-18(9-11-20)21-12-13-22(24(28)17-21)19-6-4-3-5-7-19/h2,8-15,17,19H,1,3-7,16H2. The zero-order valence-electron chi connectivity index (χ0n) is 17.3. The molecule has 0 radical (unpaired) electrons. The number of hydrogen-bond acceptors (Lipinski definition) is 1. The summed E-state index contributed by atoms with van der Waals surface area (Å²) >= 11 is 0. The highest BCUT2D eigenvalue weighted by Crippen LogP contribution is 2.36. The topological polar surface area (TPSA) is 9.23 Å². The molecular formula is C27H25F3O. The first-order valence-corrected chi connectivity index (χ1v) is 10.7. The Morgan fingerprint density at radius 3 is 2.16 bits per heavy atom. The van der Waals surface area contributed by atoms with Gasteiger partial charge in [-0.05, 0) is 59.2 Å². The molecule has 1 aliphatic carbocycles. The quantitative estimate of drug-likeness (QED) is 0.365. The van der Waals surface area contributed by atoms with Gasteiger partial charge in [-0.15, -0.1) is 0 Å². The second-order valence-corrected chi connectivity index (χ2v) is 7.99. The molecule has 0 bridgehead atoms. The smallest absolute Gasteiger partial charge is 0.201 e. The van der Waals surface area contributed by atoms with Crippen LogP contribution in [0.1, 0.15) is 43.6 Å². The van der Waals surface area contributed by atoms with Gasteiger partial charge in [0.05, 0.1) is 0 Å². The minimum absolute atomic E-state index is 0.0977. The van der Waals surface area contributed by atoms with Crippen molar-refractivity contribution in [1.29, 1.82) is 0 Å². The third-order valence-corrected chi connectivity index (χ3v) is 5.98. The lowest BCUT2D eigenvalue weighted by atomic mass is 9.83. The van der Waals surface area contributed by atoms with E-state index < -0.39 is 11.6 Å². The van der Waals surface area contributed by atoms with Gasteiger partial charge < -0.3 is 4.74 Å². The number of halogens is 3. The van der Waals surface area contributed by atoms with Crippen LogP contribution in [0.15, 0.2) is 67.3 Å². The van der Waals surface area contributed by atoms with Crippen molar-refractivity contribution in [2.75, 3.05) is 6.61 Å². The van der Waals surface area contributed by atoms with Crippen molar-refractivity contribution in [3.63, 3.8) is 0 Å². The number of rotatable bonds is 6. The first-order valence-electron chi connectivity index (χ1n) is 10.7. The Labute approximate surface area is 181 Å². The van der Waals surface area contributed by atoms with Crippen LogP contribution in [0.4, 0.5) is 13.2 Å². The van der Waals surface area contributed by atoms with E-state index in [2.05, 4.69) is 6.58 Å². The molecule has 0 saturated heterocycles. The van der Waals surface area contributed by atoms with Gasteiger partial charge in [0.2, 0.25) is 5.82 Å². The van der Waals surface area contributed by atoms with Gasteiger partial charge in [-0.1, -0.05) is 68.3 Å². The maximum Gasteiger partial charge on any atom is 0.201 e. The molecule has 0 aromatic heterocycles. The van der Waals surface area contributed by atoms with Gasteiger partial charge >= 0.3 is 0 Å². The van der Waals surface area contributed by atoms with Crippen LogP contribution in [0.3, 0.4) is 0 Å². The lowest BCUT2D eigenvalue weighted by molar-refractivity contribution is 0.333. The minimum Gasteiger partial charge on any atom is -0.486 e. The lowest BCUT2D eigenvalue weighted by Crippen LogP contribution is -2.06. The van der Waals surface area contributed by atoms with Gasteiger partial charge in [-0.2, -0.15) is 4.39 Å². The fraction of sp³-hybridized carbons (Fsp3) is 0.259. The summed E-state index contributed by atoms with van der Waals surface area (Å²) in [6.07, 6.45) is 7.11. The van der Waals surface area contributed by atoms with E-state index in [-0.39, 0.29) is 23.7 Å². The highest BCUT2D eigenvalue weighted by molar-refractivity contribution is 5.71. The van der Waals surface area contributed by atoms with Crippen LogP contribution in [0.25, 0.3) is 22.3 Å². The average Bonchev–Trinajstić information content (AvgIpc) is 2.81. The molecule has 1 fully saturated rings. The predicted octanol–water partition coefficient (Wildman–Crippen LogP) is 8.05. The number of ether oxygens (including phenoxy) is 1. The van der Waals surface area contributed by atoms with Gasteiger partial charge in [0, 0.05) is 5.56 Å². The van der Waals surface area contributed by atoms with Crippen LogP contribution in [0.2, 0.25) is 0 Å². The maximum atomic E-state index is 14.8. The van der Waals surface area contributed by atoms with Gasteiger partial charge in [0.25, 0.3) is 0 Å². The molecule has 3 aromatic rings. The summed E-state index contributed by atoms with van der Waals surface area (Å²) in [6.45, 7) is 3.59. The van der Waals surface area contributed by atoms with E-state index in [0.717, 1.165) is 42.4 Å². The Morgan fingerprint density at radius 2 is 1.48 bits per heavy atom. The van der Waals surface area contributed by atoms with Crippen LogP contribution in [0.5, 0.6) is 5.75 Å². The normalized spacial score (nSPS) is 14.4. The molecule has 3 aromatic carbocycles. The molecule has 0 spiro atoms. The van der Waals surface area contributed by atoms with Crippen molar-refractivity contribution >= 4 is 0 Å². The van der Waals surface area contributed by atoms with Crippen molar-refractivity contribution in [1.82, 2.24) is 0 Å². The number of benzene rings is 3. The summed E-state index contributed by atoms with van der Waals surface area (Å²) in [5, 5.41) is 0. The van der Waals surface area contributed by atoms with Gasteiger partial charge in [0.1, 0.15) is 12.4 Å². The highest BCUT2D eigenvalue weighted by Gasteiger charge is 2.19. The molecule has 1 saturated carbocycles. The predicted molar refractivity (Wildman–Crippen MR) is 119 cm³/mol. The van der Waals surface area contributed by atoms with Crippen LogP contribution in [0, 0.1) is 17.5 Å². The second kappa shape index (κ2) is 9.42. The van der Waals surface area contributed by atoms with E-state index >= 15 is 0 Å². The van der Waals surface area contributed by atoms with Crippen molar-refractivity contribution in [2.24, 2.45) is 0 Å². The van der Waals surface area contributed by atoms with E-state index in [1.165, 1.54) is 24.6 Å². The SMILES string of the molecule is C=CCOc1ccc(-c2ccc(-c3ccc(C4CCCCC4)c(F)c3)cc2)c(F)c1F. The monoisotopic (exact) mass is 422 g/mol. The van der Waals surface area contributed by atoms with Gasteiger partial charge in [-0.3, -0.25) is 0 Å². The van der Waals surface area contributed by atoms with E-state index in [1.807, 2.05) is 12.1 Å². The summed E-state index contributed by atoms with van der Waals surface area (Å²) in [5.41, 5.74) is 3.08. The Hall–Kier alpha value is -3.01. The van der Waals surface area contributed by atoms with Gasteiger partial charge in [-0.25, -0.2) is 8.78 Å². The molecule has 0 unspecified atom stereocenters. The first-order chi connectivity index (χ1) is 15.1.